The lowest BCUT2D eigenvalue weighted by molar-refractivity contribution is 0.321. The van der Waals surface area contributed by atoms with Gasteiger partial charge in [-0.1, -0.05) is 38.5 Å². The Kier molecular flexibility index (Phi) is 4.37. The second-order valence-corrected chi connectivity index (χ2v) is 4.81. The van der Waals surface area contributed by atoms with Crippen molar-refractivity contribution in [2.75, 3.05) is 7.05 Å². The molecule has 0 amide bonds. The third kappa shape index (κ3) is 2.41. The lowest BCUT2D eigenvalue weighted by Crippen LogP contribution is -2.35. The fourth-order valence-electron chi connectivity index (χ4n) is 2.72. The van der Waals surface area contributed by atoms with E-state index in [1.165, 1.54) is 23.7 Å². The van der Waals surface area contributed by atoms with Crippen LogP contribution in [0, 0.1) is 0 Å². The van der Waals surface area contributed by atoms with E-state index in [0.717, 1.165) is 6.42 Å². The van der Waals surface area contributed by atoms with E-state index in [1.54, 1.807) is 0 Å². The van der Waals surface area contributed by atoms with E-state index in [0.29, 0.717) is 12.1 Å². The van der Waals surface area contributed by atoms with Gasteiger partial charge in [-0.15, -0.1) is 0 Å². The predicted molar refractivity (Wildman–Crippen MR) is 76.8 cm³/mol. The molecule has 2 atom stereocenters. The Hall–Kier alpha value is -1.35. The van der Waals surface area contributed by atoms with Gasteiger partial charge in [0.2, 0.25) is 0 Å². The van der Waals surface area contributed by atoms with Crippen molar-refractivity contribution in [1.82, 2.24) is 15.1 Å². The van der Waals surface area contributed by atoms with Crippen LogP contribution >= 0.6 is 0 Å². The molecular formula is C15H23N3. The molecule has 0 aliphatic rings. The average Bonchev–Trinajstić information content (AvgIpc) is 2.83. The summed E-state index contributed by atoms with van der Waals surface area (Å²) in [4.78, 5) is 0. The van der Waals surface area contributed by atoms with Gasteiger partial charge in [-0.3, -0.25) is 4.68 Å². The fourth-order valence-corrected chi connectivity index (χ4v) is 2.72. The summed E-state index contributed by atoms with van der Waals surface area (Å²) in [5.41, 5.74) is 1.24. The Balaban J connectivity index is 2.37. The molecule has 18 heavy (non-hydrogen) atoms. The van der Waals surface area contributed by atoms with Crippen molar-refractivity contribution < 1.29 is 0 Å². The topological polar surface area (TPSA) is 29.9 Å². The number of hydrogen-bond acceptors (Lipinski definition) is 2. The molecule has 1 heterocycles. The fraction of sp³-hybridized carbons (Fsp3) is 0.533. The van der Waals surface area contributed by atoms with E-state index in [9.17, 15) is 0 Å². The molecule has 0 fully saturated rings. The maximum atomic E-state index is 4.59. The largest absolute Gasteiger partial charge is 0.315 e. The second-order valence-electron chi connectivity index (χ2n) is 4.81. The van der Waals surface area contributed by atoms with Crippen LogP contribution in [0.25, 0.3) is 10.9 Å². The molecule has 0 saturated heterocycles. The zero-order valence-corrected chi connectivity index (χ0v) is 11.6. The predicted octanol–water partition coefficient (Wildman–Crippen LogP) is 3.38. The number of hydrogen-bond donors (Lipinski definition) is 1. The monoisotopic (exact) mass is 245 g/mol. The maximum absolute atomic E-state index is 4.59. The SMILES string of the molecule is CCCC(NC)C(CC)n1ncc2ccccc21. The third-order valence-electron chi connectivity index (χ3n) is 3.67. The van der Waals surface area contributed by atoms with E-state index in [1.807, 2.05) is 6.20 Å². The van der Waals surface area contributed by atoms with Crippen LogP contribution in [0.4, 0.5) is 0 Å². The Morgan fingerprint density at radius 2 is 2.06 bits per heavy atom. The zero-order valence-electron chi connectivity index (χ0n) is 11.6. The lowest BCUT2D eigenvalue weighted by atomic mass is 10.0. The van der Waals surface area contributed by atoms with Crippen LogP contribution in [-0.4, -0.2) is 22.9 Å². The van der Waals surface area contributed by atoms with Gasteiger partial charge < -0.3 is 5.32 Å². The van der Waals surface area contributed by atoms with Crippen LogP contribution in [0.5, 0.6) is 0 Å². The molecule has 0 spiro atoms. The Morgan fingerprint density at radius 3 is 2.72 bits per heavy atom. The molecular weight excluding hydrogens is 222 g/mol. The molecule has 0 radical (unpaired) electrons. The number of nitrogens with one attached hydrogen (secondary N) is 1. The van der Waals surface area contributed by atoms with Gasteiger partial charge in [0.25, 0.3) is 0 Å². The normalized spacial score (nSPS) is 14.8. The third-order valence-corrected chi connectivity index (χ3v) is 3.67. The van der Waals surface area contributed by atoms with Crippen molar-refractivity contribution in [2.24, 2.45) is 0 Å². The Labute approximate surface area is 109 Å². The molecule has 98 valence electrons. The highest BCUT2D eigenvalue weighted by molar-refractivity contribution is 5.78. The highest BCUT2D eigenvalue weighted by Gasteiger charge is 2.21. The van der Waals surface area contributed by atoms with Crippen LogP contribution in [0.1, 0.15) is 39.2 Å². The number of fused-ring (bicyclic) bond motifs is 1. The van der Waals surface area contributed by atoms with Crippen molar-refractivity contribution in [3.63, 3.8) is 0 Å². The van der Waals surface area contributed by atoms with E-state index >= 15 is 0 Å². The van der Waals surface area contributed by atoms with Gasteiger partial charge in [-0.25, -0.2) is 0 Å². The average molecular weight is 245 g/mol. The lowest BCUT2D eigenvalue weighted by Gasteiger charge is -2.26. The van der Waals surface area contributed by atoms with Gasteiger partial charge in [0.05, 0.1) is 17.8 Å². The second kappa shape index (κ2) is 6.01. The van der Waals surface area contributed by atoms with E-state index in [-0.39, 0.29) is 0 Å². The molecule has 2 rings (SSSR count). The summed E-state index contributed by atoms with van der Waals surface area (Å²) in [5.74, 6) is 0. The van der Waals surface area contributed by atoms with Crippen LogP contribution in [-0.2, 0) is 0 Å². The number of nitrogens with zero attached hydrogens (tertiary/aromatic N) is 2. The van der Waals surface area contributed by atoms with Crippen molar-refractivity contribution in [2.45, 2.75) is 45.2 Å². The van der Waals surface area contributed by atoms with E-state index in [2.05, 4.69) is 60.3 Å². The molecule has 0 aliphatic heterocycles. The molecule has 2 aromatic rings. The standard InChI is InChI=1S/C15H23N3/c1-4-8-13(16-3)14(5-2)18-15-10-7-6-9-12(15)11-17-18/h6-7,9-11,13-14,16H,4-5,8H2,1-3H3. The highest BCUT2D eigenvalue weighted by atomic mass is 15.3. The number of rotatable bonds is 6. The van der Waals surface area contributed by atoms with Crippen LogP contribution in [0.15, 0.2) is 30.5 Å². The van der Waals surface area contributed by atoms with Gasteiger partial charge >= 0.3 is 0 Å². The Bertz CT molecular complexity index is 489. The molecule has 3 nitrogen and oxygen atoms in total. The molecule has 0 saturated carbocycles. The van der Waals surface area contributed by atoms with Crippen molar-refractivity contribution in [3.05, 3.63) is 30.5 Å². The van der Waals surface area contributed by atoms with Gasteiger partial charge in [0.1, 0.15) is 0 Å². The van der Waals surface area contributed by atoms with E-state index < -0.39 is 0 Å². The number of benzene rings is 1. The minimum absolute atomic E-state index is 0.426. The highest BCUT2D eigenvalue weighted by Crippen LogP contribution is 2.24. The van der Waals surface area contributed by atoms with Crippen molar-refractivity contribution in [3.8, 4) is 0 Å². The van der Waals surface area contributed by atoms with Crippen LogP contribution in [0.2, 0.25) is 0 Å². The molecule has 2 unspecified atom stereocenters. The van der Waals surface area contributed by atoms with Crippen molar-refractivity contribution in [1.29, 1.82) is 0 Å². The molecule has 0 bridgehead atoms. The molecule has 1 aromatic carbocycles. The summed E-state index contributed by atoms with van der Waals surface area (Å²) in [7, 11) is 2.05. The summed E-state index contributed by atoms with van der Waals surface area (Å²) in [6.45, 7) is 4.47. The quantitative estimate of drug-likeness (QED) is 0.845. The first-order valence-corrected chi connectivity index (χ1v) is 6.91. The molecule has 0 aliphatic carbocycles. The molecule has 1 N–H and O–H groups in total. The molecule has 1 aromatic heterocycles. The first-order chi connectivity index (χ1) is 8.81. The maximum Gasteiger partial charge on any atom is 0.0686 e. The van der Waals surface area contributed by atoms with E-state index in [4.69, 9.17) is 0 Å². The minimum atomic E-state index is 0.426. The first-order valence-electron chi connectivity index (χ1n) is 6.91. The van der Waals surface area contributed by atoms with Crippen LogP contribution < -0.4 is 5.32 Å². The summed E-state index contributed by atoms with van der Waals surface area (Å²) >= 11 is 0. The smallest absolute Gasteiger partial charge is 0.0686 e. The minimum Gasteiger partial charge on any atom is -0.315 e. The zero-order chi connectivity index (χ0) is 13.0. The van der Waals surface area contributed by atoms with Crippen molar-refractivity contribution >= 4 is 10.9 Å². The number of likely N-dealkylation sites (N-methyl/N-ethyl adjacent to an activating group) is 1. The van der Waals surface area contributed by atoms with Gasteiger partial charge in [0.15, 0.2) is 0 Å². The summed E-state index contributed by atoms with van der Waals surface area (Å²) in [6.07, 6.45) is 5.44. The number of para-hydroxylation sites is 1. The van der Waals surface area contributed by atoms with Gasteiger partial charge in [0, 0.05) is 11.4 Å². The molecule has 3 heteroatoms. The van der Waals surface area contributed by atoms with Crippen LogP contribution in [0.3, 0.4) is 0 Å². The summed E-state index contributed by atoms with van der Waals surface area (Å²) < 4.78 is 2.19. The van der Waals surface area contributed by atoms with Gasteiger partial charge in [-0.05, 0) is 26.0 Å². The summed E-state index contributed by atoms with van der Waals surface area (Å²) in [5, 5.41) is 9.26. The summed E-state index contributed by atoms with van der Waals surface area (Å²) in [6, 6.07) is 9.35. The number of aromatic nitrogens is 2. The van der Waals surface area contributed by atoms with Gasteiger partial charge in [-0.2, -0.15) is 5.10 Å². The Morgan fingerprint density at radius 1 is 1.28 bits per heavy atom. The first kappa shape index (κ1) is 13.1.